The molecular formula is C15H22O3. The fourth-order valence-corrected chi connectivity index (χ4v) is 1.81. The monoisotopic (exact) mass is 250 g/mol. The molecule has 0 saturated heterocycles. The molecule has 0 aromatic heterocycles. The van der Waals surface area contributed by atoms with E-state index in [4.69, 9.17) is 9.84 Å². The lowest BCUT2D eigenvalue weighted by atomic mass is 10.0. The maximum atomic E-state index is 11.1. The number of benzene rings is 1. The number of carbonyl (C=O) groups is 1. The molecule has 0 amide bonds. The molecule has 0 heterocycles. The van der Waals surface area contributed by atoms with E-state index in [0.717, 1.165) is 25.0 Å². The van der Waals surface area contributed by atoms with Crippen LogP contribution < -0.4 is 4.74 Å². The standard InChI is InChI=1S/C15H22O3/c1-2-3-4-6-9-13(15(16)17)12-18-14-10-7-5-8-11-14/h5,7-8,10-11,13H,2-4,6,9,12H2,1H3,(H,16,17). The smallest absolute Gasteiger partial charge is 0.309 e. The number of hydrogen-bond acceptors (Lipinski definition) is 2. The van der Waals surface area contributed by atoms with Crippen molar-refractivity contribution in [2.75, 3.05) is 6.61 Å². The minimum absolute atomic E-state index is 0.255. The van der Waals surface area contributed by atoms with E-state index >= 15 is 0 Å². The zero-order valence-electron chi connectivity index (χ0n) is 11.0. The summed E-state index contributed by atoms with van der Waals surface area (Å²) in [5.74, 6) is -0.429. The molecule has 0 aliphatic carbocycles. The molecule has 0 aliphatic rings. The highest BCUT2D eigenvalue weighted by atomic mass is 16.5. The third-order valence-electron chi connectivity index (χ3n) is 2.95. The van der Waals surface area contributed by atoms with Gasteiger partial charge in [-0.25, -0.2) is 0 Å². The van der Waals surface area contributed by atoms with Crippen LogP contribution in [0.1, 0.15) is 39.0 Å². The zero-order chi connectivity index (χ0) is 13.2. The number of rotatable bonds is 9. The summed E-state index contributed by atoms with van der Waals surface area (Å²) in [4.78, 5) is 11.1. The van der Waals surface area contributed by atoms with Gasteiger partial charge in [0.05, 0.1) is 5.92 Å². The third kappa shape index (κ3) is 5.71. The molecule has 3 nitrogen and oxygen atoms in total. The van der Waals surface area contributed by atoms with Crippen LogP contribution in [0.25, 0.3) is 0 Å². The van der Waals surface area contributed by atoms with Gasteiger partial charge in [0.2, 0.25) is 0 Å². The first-order valence-electron chi connectivity index (χ1n) is 6.64. The lowest BCUT2D eigenvalue weighted by Gasteiger charge is -2.13. The fourth-order valence-electron chi connectivity index (χ4n) is 1.81. The van der Waals surface area contributed by atoms with Crippen molar-refractivity contribution in [1.82, 2.24) is 0 Å². The molecule has 0 aliphatic heterocycles. The Labute approximate surface area is 109 Å². The van der Waals surface area contributed by atoms with E-state index in [2.05, 4.69) is 6.92 Å². The lowest BCUT2D eigenvalue weighted by molar-refractivity contribution is -0.143. The predicted octanol–water partition coefficient (Wildman–Crippen LogP) is 3.74. The van der Waals surface area contributed by atoms with Crippen LogP contribution in [0.2, 0.25) is 0 Å². The largest absolute Gasteiger partial charge is 0.493 e. The van der Waals surface area contributed by atoms with Gasteiger partial charge in [0.1, 0.15) is 12.4 Å². The van der Waals surface area contributed by atoms with Gasteiger partial charge in [-0.1, -0.05) is 50.8 Å². The van der Waals surface area contributed by atoms with E-state index in [9.17, 15) is 4.79 Å². The van der Waals surface area contributed by atoms with Crippen molar-refractivity contribution in [2.24, 2.45) is 5.92 Å². The number of carboxylic acid groups (broad SMARTS) is 1. The van der Waals surface area contributed by atoms with E-state index < -0.39 is 11.9 Å². The van der Waals surface area contributed by atoms with E-state index in [-0.39, 0.29) is 6.61 Å². The average Bonchev–Trinajstić information content (AvgIpc) is 2.38. The molecule has 0 bridgehead atoms. The van der Waals surface area contributed by atoms with Crippen molar-refractivity contribution in [3.8, 4) is 5.75 Å². The summed E-state index contributed by atoms with van der Waals surface area (Å²) in [5, 5.41) is 9.13. The average molecular weight is 250 g/mol. The van der Waals surface area contributed by atoms with Gasteiger partial charge in [-0.2, -0.15) is 0 Å². The van der Waals surface area contributed by atoms with E-state index in [1.807, 2.05) is 30.3 Å². The number of unbranched alkanes of at least 4 members (excludes halogenated alkanes) is 3. The Morgan fingerprint density at radius 1 is 1.22 bits per heavy atom. The van der Waals surface area contributed by atoms with Gasteiger partial charge in [-0.3, -0.25) is 4.79 Å². The number of aliphatic carboxylic acids is 1. The highest BCUT2D eigenvalue weighted by Gasteiger charge is 2.17. The first-order chi connectivity index (χ1) is 8.74. The topological polar surface area (TPSA) is 46.5 Å². The van der Waals surface area contributed by atoms with Crippen molar-refractivity contribution in [3.63, 3.8) is 0 Å². The third-order valence-corrected chi connectivity index (χ3v) is 2.95. The van der Waals surface area contributed by atoms with Gasteiger partial charge < -0.3 is 9.84 Å². The van der Waals surface area contributed by atoms with Crippen LogP contribution in [0.15, 0.2) is 30.3 Å². The van der Waals surface area contributed by atoms with Crippen molar-refractivity contribution in [1.29, 1.82) is 0 Å². The molecule has 3 heteroatoms. The van der Waals surface area contributed by atoms with Gasteiger partial charge in [0.15, 0.2) is 0 Å². The maximum Gasteiger partial charge on any atom is 0.309 e. The Bertz CT molecular complexity index is 335. The first kappa shape index (κ1) is 14.6. The highest BCUT2D eigenvalue weighted by Crippen LogP contribution is 2.15. The Balaban J connectivity index is 2.32. The second-order valence-corrected chi connectivity index (χ2v) is 4.51. The molecule has 1 unspecified atom stereocenters. The van der Waals surface area contributed by atoms with Crippen molar-refractivity contribution in [3.05, 3.63) is 30.3 Å². The minimum atomic E-state index is -0.762. The Hall–Kier alpha value is -1.51. The van der Waals surface area contributed by atoms with Crippen LogP contribution >= 0.6 is 0 Å². The quantitative estimate of drug-likeness (QED) is 0.679. The molecule has 1 aromatic carbocycles. The van der Waals surface area contributed by atoms with Crippen LogP contribution in [0.5, 0.6) is 5.75 Å². The number of hydrogen-bond donors (Lipinski definition) is 1. The molecule has 18 heavy (non-hydrogen) atoms. The Kier molecular flexibility index (Phi) is 6.92. The number of ether oxygens (including phenoxy) is 1. The Morgan fingerprint density at radius 3 is 2.56 bits per heavy atom. The SMILES string of the molecule is CCCCCCC(COc1ccccc1)C(=O)O. The number of para-hydroxylation sites is 1. The molecule has 100 valence electrons. The molecule has 0 saturated carbocycles. The molecule has 0 fully saturated rings. The minimum Gasteiger partial charge on any atom is -0.493 e. The van der Waals surface area contributed by atoms with Gasteiger partial charge >= 0.3 is 5.97 Å². The van der Waals surface area contributed by atoms with Crippen LogP contribution in [0, 0.1) is 5.92 Å². The van der Waals surface area contributed by atoms with E-state index in [1.54, 1.807) is 0 Å². The summed E-state index contributed by atoms with van der Waals surface area (Å²) in [6, 6.07) is 9.36. The second-order valence-electron chi connectivity index (χ2n) is 4.51. The molecule has 1 aromatic rings. The van der Waals surface area contributed by atoms with Crippen LogP contribution in [0.4, 0.5) is 0 Å². The normalized spacial score (nSPS) is 12.1. The maximum absolute atomic E-state index is 11.1. The van der Waals surface area contributed by atoms with Gasteiger partial charge in [0.25, 0.3) is 0 Å². The molecule has 1 rings (SSSR count). The summed E-state index contributed by atoms with van der Waals surface area (Å²) >= 11 is 0. The summed E-state index contributed by atoms with van der Waals surface area (Å²) in [6.45, 7) is 2.40. The second kappa shape index (κ2) is 8.56. The molecule has 0 spiro atoms. The highest BCUT2D eigenvalue weighted by molar-refractivity contribution is 5.70. The van der Waals surface area contributed by atoms with Crippen LogP contribution in [0.3, 0.4) is 0 Å². The molecule has 1 N–H and O–H groups in total. The molecule has 0 radical (unpaired) electrons. The Morgan fingerprint density at radius 2 is 1.94 bits per heavy atom. The van der Waals surface area contributed by atoms with Gasteiger partial charge in [-0.05, 0) is 18.6 Å². The van der Waals surface area contributed by atoms with Crippen LogP contribution in [-0.2, 0) is 4.79 Å². The molecule has 1 atom stereocenters. The lowest BCUT2D eigenvalue weighted by Crippen LogP contribution is -2.21. The van der Waals surface area contributed by atoms with Gasteiger partial charge in [0, 0.05) is 0 Å². The van der Waals surface area contributed by atoms with Crippen molar-refractivity contribution < 1.29 is 14.6 Å². The zero-order valence-corrected chi connectivity index (χ0v) is 11.0. The predicted molar refractivity (Wildman–Crippen MR) is 71.8 cm³/mol. The number of carboxylic acids is 1. The molecular weight excluding hydrogens is 228 g/mol. The van der Waals surface area contributed by atoms with Crippen molar-refractivity contribution in [2.45, 2.75) is 39.0 Å². The summed E-state index contributed by atoms with van der Waals surface area (Å²) < 4.78 is 5.51. The summed E-state index contributed by atoms with van der Waals surface area (Å²) in [6.07, 6.45) is 5.10. The van der Waals surface area contributed by atoms with E-state index in [1.165, 1.54) is 6.42 Å². The fraction of sp³-hybridized carbons (Fsp3) is 0.533. The van der Waals surface area contributed by atoms with Gasteiger partial charge in [-0.15, -0.1) is 0 Å². The summed E-state index contributed by atoms with van der Waals surface area (Å²) in [5.41, 5.74) is 0. The summed E-state index contributed by atoms with van der Waals surface area (Å²) in [7, 11) is 0. The van der Waals surface area contributed by atoms with Crippen molar-refractivity contribution >= 4 is 5.97 Å². The van der Waals surface area contributed by atoms with Crippen LogP contribution in [-0.4, -0.2) is 17.7 Å². The first-order valence-corrected chi connectivity index (χ1v) is 6.64. The van der Waals surface area contributed by atoms with E-state index in [0.29, 0.717) is 6.42 Å².